The first-order valence-electron chi connectivity index (χ1n) is 12.9. The number of amides is 1. The number of nitrogens with one attached hydrogen (secondary N) is 1. The van der Waals surface area contributed by atoms with Crippen molar-refractivity contribution in [3.8, 4) is 34.7 Å². The Labute approximate surface area is 226 Å². The number of hydrogen-bond acceptors (Lipinski definition) is 8. The minimum atomic E-state index is -0.616. The monoisotopic (exact) mass is 529 g/mol. The molecule has 2 aromatic carbocycles. The zero-order valence-electron chi connectivity index (χ0n) is 22.2. The number of fused-ring (bicyclic) bond motifs is 1. The Balaban J connectivity index is 1.55. The summed E-state index contributed by atoms with van der Waals surface area (Å²) in [4.78, 5) is 14.4. The average Bonchev–Trinajstić information content (AvgIpc) is 3.36. The topological polar surface area (TPSA) is 136 Å². The number of aromatic amines is 1. The minimum Gasteiger partial charge on any atom is -0.493 e. The van der Waals surface area contributed by atoms with Gasteiger partial charge in [-0.1, -0.05) is 44.2 Å². The number of carbonyl (C=O) groups is 1. The van der Waals surface area contributed by atoms with Gasteiger partial charge in [-0.2, -0.15) is 5.26 Å². The highest BCUT2D eigenvalue weighted by Gasteiger charge is 2.36. The maximum Gasteiger partial charge on any atom is 0.415 e. The number of ether oxygens (including phenoxy) is 4. The molecule has 1 saturated heterocycles. The average molecular weight is 530 g/mol. The summed E-state index contributed by atoms with van der Waals surface area (Å²) in [5.41, 5.74) is 10.6. The minimum absolute atomic E-state index is 0.0250. The van der Waals surface area contributed by atoms with Gasteiger partial charge in [0.05, 0.1) is 37.5 Å². The molecule has 2 aliphatic heterocycles. The number of nitrogens with zero attached hydrogens (tertiary/aromatic N) is 3. The third-order valence-electron chi connectivity index (χ3n) is 6.81. The predicted molar refractivity (Wildman–Crippen MR) is 143 cm³/mol. The smallest absolute Gasteiger partial charge is 0.415 e. The van der Waals surface area contributed by atoms with E-state index in [2.05, 4.69) is 42.2 Å². The Kier molecular flexibility index (Phi) is 7.43. The van der Waals surface area contributed by atoms with Crippen LogP contribution in [0.3, 0.4) is 0 Å². The van der Waals surface area contributed by atoms with Crippen molar-refractivity contribution in [2.45, 2.75) is 26.2 Å². The molecule has 3 heterocycles. The van der Waals surface area contributed by atoms with Crippen molar-refractivity contribution in [2.75, 3.05) is 33.4 Å². The standard InChI is InChI=1S/C29H31N5O5/c1-17(2)14-18-4-6-19(7-5-18)26-25-24(21(16-30)27(31)39-28(25)33-32-26)20-8-9-22(36-3)23(15-20)38-29(35)34-10-12-37-13-11-34/h4-9,15,17,24H,10-14,31H2,1-3H3,(H,32,33)/t24-/m0/s1. The first-order chi connectivity index (χ1) is 18.9. The highest BCUT2D eigenvalue weighted by Crippen LogP contribution is 2.47. The zero-order chi connectivity index (χ0) is 27.5. The van der Waals surface area contributed by atoms with Gasteiger partial charge in [-0.05, 0) is 35.6 Å². The summed E-state index contributed by atoms with van der Waals surface area (Å²) >= 11 is 0. The fourth-order valence-corrected chi connectivity index (χ4v) is 4.93. The Morgan fingerprint density at radius 3 is 2.62 bits per heavy atom. The van der Waals surface area contributed by atoms with Gasteiger partial charge in [0.1, 0.15) is 11.6 Å². The van der Waals surface area contributed by atoms with Crippen LogP contribution in [0.4, 0.5) is 4.79 Å². The van der Waals surface area contributed by atoms with Gasteiger partial charge >= 0.3 is 6.09 Å². The molecule has 5 rings (SSSR count). The third kappa shape index (κ3) is 5.26. The van der Waals surface area contributed by atoms with Gasteiger partial charge < -0.3 is 29.6 Å². The molecule has 39 heavy (non-hydrogen) atoms. The van der Waals surface area contributed by atoms with E-state index in [1.54, 1.807) is 17.0 Å². The van der Waals surface area contributed by atoms with Crippen molar-refractivity contribution in [3.05, 3.63) is 70.6 Å². The lowest BCUT2D eigenvalue weighted by atomic mass is 9.83. The van der Waals surface area contributed by atoms with Gasteiger partial charge in [-0.3, -0.25) is 5.10 Å². The molecule has 202 valence electrons. The number of methoxy groups -OCH3 is 1. The number of carbonyl (C=O) groups excluding carboxylic acids is 1. The molecule has 10 heteroatoms. The van der Waals surface area contributed by atoms with E-state index in [0.717, 1.165) is 12.0 Å². The molecule has 3 N–H and O–H groups in total. The van der Waals surface area contributed by atoms with E-state index in [0.29, 0.717) is 60.7 Å². The second kappa shape index (κ2) is 11.1. The van der Waals surface area contributed by atoms with E-state index in [4.69, 9.17) is 24.7 Å². The number of nitrogens with two attached hydrogens (primary N) is 1. The molecule has 3 aromatic rings. The highest BCUT2D eigenvalue weighted by molar-refractivity contribution is 5.73. The Bertz CT molecular complexity index is 1430. The van der Waals surface area contributed by atoms with Crippen molar-refractivity contribution in [2.24, 2.45) is 11.7 Å². The van der Waals surface area contributed by atoms with Gasteiger partial charge in [0.25, 0.3) is 0 Å². The lowest BCUT2D eigenvalue weighted by Crippen LogP contribution is -2.42. The summed E-state index contributed by atoms with van der Waals surface area (Å²) in [5.74, 6) is 0.814. The molecule has 2 aliphatic rings. The first-order valence-corrected chi connectivity index (χ1v) is 12.9. The lowest BCUT2D eigenvalue weighted by molar-refractivity contribution is 0.0413. The number of aromatic nitrogens is 2. The number of allylic oxidation sites excluding steroid dienone is 1. The largest absolute Gasteiger partial charge is 0.493 e. The molecule has 1 amide bonds. The highest BCUT2D eigenvalue weighted by atomic mass is 16.6. The molecule has 0 bridgehead atoms. The SMILES string of the molecule is COc1ccc([C@H]2C(C#N)=C(N)Oc3n[nH]c(-c4ccc(CC(C)C)cc4)c32)cc1OC(=O)N1CCOCC1. The molecule has 0 radical (unpaired) electrons. The predicted octanol–water partition coefficient (Wildman–Crippen LogP) is 4.33. The number of hydrogen-bond donors (Lipinski definition) is 2. The molecule has 0 unspecified atom stereocenters. The normalized spacial score (nSPS) is 16.9. The van der Waals surface area contributed by atoms with Crippen LogP contribution in [-0.2, 0) is 11.2 Å². The molecular weight excluding hydrogens is 498 g/mol. The number of nitriles is 1. The van der Waals surface area contributed by atoms with Crippen LogP contribution in [0.15, 0.2) is 53.9 Å². The van der Waals surface area contributed by atoms with Gasteiger partial charge in [-0.15, -0.1) is 5.10 Å². The summed E-state index contributed by atoms with van der Waals surface area (Å²) in [7, 11) is 1.50. The van der Waals surface area contributed by atoms with E-state index in [1.807, 2.05) is 18.2 Å². The van der Waals surface area contributed by atoms with Crippen LogP contribution in [0.5, 0.6) is 17.4 Å². The van der Waals surface area contributed by atoms with Crippen molar-refractivity contribution in [1.82, 2.24) is 15.1 Å². The molecule has 0 aliphatic carbocycles. The van der Waals surface area contributed by atoms with Gasteiger partial charge in [0, 0.05) is 18.7 Å². The van der Waals surface area contributed by atoms with Crippen LogP contribution in [0.2, 0.25) is 0 Å². The Hall–Kier alpha value is -4.49. The molecule has 1 aromatic heterocycles. The van der Waals surface area contributed by atoms with Crippen molar-refractivity contribution >= 4 is 6.09 Å². The fraction of sp³-hybridized carbons (Fsp3) is 0.345. The van der Waals surface area contributed by atoms with Crippen LogP contribution < -0.4 is 19.9 Å². The van der Waals surface area contributed by atoms with Gasteiger partial charge in [0.2, 0.25) is 11.8 Å². The molecule has 0 spiro atoms. The van der Waals surface area contributed by atoms with E-state index < -0.39 is 12.0 Å². The van der Waals surface area contributed by atoms with Crippen molar-refractivity contribution in [3.63, 3.8) is 0 Å². The van der Waals surface area contributed by atoms with Crippen LogP contribution in [0, 0.1) is 17.2 Å². The molecular formula is C29H31N5O5. The summed E-state index contributed by atoms with van der Waals surface area (Å²) in [5, 5.41) is 17.5. The lowest BCUT2D eigenvalue weighted by Gasteiger charge is -2.27. The molecule has 1 atom stereocenters. The molecule has 10 nitrogen and oxygen atoms in total. The summed E-state index contributed by atoms with van der Waals surface area (Å²) < 4.78 is 22.3. The quantitative estimate of drug-likeness (QED) is 0.482. The maximum atomic E-state index is 12.9. The van der Waals surface area contributed by atoms with E-state index in [1.165, 1.54) is 12.7 Å². The zero-order valence-corrected chi connectivity index (χ0v) is 22.2. The van der Waals surface area contributed by atoms with Crippen LogP contribution >= 0.6 is 0 Å². The summed E-state index contributed by atoms with van der Waals surface area (Å²) in [6.45, 7) is 6.15. The van der Waals surface area contributed by atoms with Gasteiger partial charge in [0.15, 0.2) is 11.5 Å². The van der Waals surface area contributed by atoms with Crippen LogP contribution in [-0.4, -0.2) is 54.6 Å². The number of benzene rings is 2. The second-order valence-electron chi connectivity index (χ2n) is 9.91. The number of H-pyrrole nitrogens is 1. The fourth-order valence-electron chi connectivity index (χ4n) is 4.93. The van der Waals surface area contributed by atoms with E-state index >= 15 is 0 Å². The molecule has 0 saturated carbocycles. The maximum absolute atomic E-state index is 12.9. The Morgan fingerprint density at radius 1 is 1.21 bits per heavy atom. The third-order valence-corrected chi connectivity index (χ3v) is 6.81. The number of rotatable bonds is 6. The Morgan fingerprint density at radius 2 is 1.95 bits per heavy atom. The van der Waals surface area contributed by atoms with Crippen LogP contribution in [0.25, 0.3) is 11.3 Å². The van der Waals surface area contributed by atoms with E-state index in [9.17, 15) is 10.1 Å². The van der Waals surface area contributed by atoms with Gasteiger partial charge in [-0.25, -0.2) is 4.79 Å². The first kappa shape index (κ1) is 26.1. The van der Waals surface area contributed by atoms with Crippen molar-refractivity contribution in [1.29, 1.82) is 5.26 Å². The molecule has 1 fully saturated rings. The summed E-state index contributed by atoms with van der Waals surface area (Å²) in [6, 6.07) is 15.7. The van der Waals surface area contributed by atoms with Crippen LogP contribution in [0.1, 0.15) is 36.5 Å². The second-order valence-corrected chi connectivity index (χ2v) is 9.91. The number of morpholine rings is 1. The summed E-state index contributed by atoms with van der Waals surface area (Å²) in [6.07, 6.45) is 0.477. The van der Waals surface area contributed by atoms with E-state index in [-0.39, 0.29) is 17.2 Å². The van der Waals surface area contributed by atoms with Crippen molar-refractivity contribution < 1.29 is 23.7 Å².